The zero-order valence-corrected chi connectivity index (χ0v) is 20.6. The molecule has 0 fully saturated rings. The van der Waals surface area contributed by atoms with E-state index in [1.807, 2.05) is 0 Å². The summed E-state index contributed by atoms with van der Waals surface area (Å²) >= 11 is 0. The fourth-order valence-electron chi connectivity index (χ4n) is 4.09. The van der Waals surface area contributed by atoms with Crippen LogP contribution in [0.4, 0.5) is 11.6 Å². The Balaban J connectivity index is 1.39. The first-order valence-electron chi connectivity index (χ1n) is 12.2. The van der Waals surface area contributed by atoms with E-state index in [2.05, 4.69) is 32.7 Å². The van der Waals surface area contributed by atoms with Crippen molar-refractivity contribution >= 4 is 27.4 Å². The molecule has 10 heteroatoms. The quantitative estimate of drug-likeness (QED) is 0.267. The number of nitrogens with zero attached hydrogens (tertiary/aromatic N) is 3. The first kappa shape index (κ1) is 25.9. The normalized spacial score (nSPS) is 14.1. The van der Waals surface area contributed by atoms with Crippen molar-refractivity contribution in [3.63, 3.8) is 0 Å². The summed E-state index contributed by atoms with van der Waals surface area (Å²) in [6.07, 6.45) is 10.1. The van der Waals surface area contributed by atoms with Gasteiger partial charge in [-0.2, -0.15) is 0 Å². The number of unbranched alkanes of at least 4 members (excludes halogenated alkanes) is 4. The number of hydrogen-bond acceptors (Lipinski definition) is 8. The summed E-state index contributed by atoms with van der Waals surface area (Å²) in [7, 11) is -3.49. The molecule has 3 N–H and O–H groups in total. The lowest BCUT2D eigenvalue weighted by Crippen LogP contribution is -2.29. The second-order valence-corrected chi connectivity index (χ2v) is 10.8. The second-order valence-electron chi connectivity index (χ2n) is 8.74. The lowest BCUT2D eigenvalue weighted by atomic mass is 10.0. The van der Waals surface area contributed by atoms with E-state index in [0.717, 1.165) is 75.8 Å². The van der Waals surface area contributed by atoms with Gasteiger partial charge < -0.3 is 15.7 Å². The van der Waals surface area contributed by atoms with E-state index < -0.39 is 21.8 Å². The predicted octanol–water partition coefficient (Wildman–Crippen LogP) is 3.86. The zero-order chi connectivity index (χ0) is 24.4. The molecule has 9 nitrogen and oxygen atoms in total. The zero-order valence-electron chi connectivity index (χ0n) is 19.8. The lowest BCUT2D eigenvalue weighted by Gasteiger charge is -2.17. The summed E-state index contributed by atoms with van der Waals surface area (Å²) in [6, 6.07) is 4.79. The van der Waals surface area contributed by atoms with Crippen molar-refractivity contribution in [1.29, 1.82) is 0 Å². The highest BCUT2D eigenvalue weighted by atomic mass is 32.2. The SMILES string of the molecule is CCCS(=O)(=O)c1cc(N[C@@H](CCCCCCCc2ccc3c(n2)NCCC3)C(=O)O)ncn1. The molecule has 186 valence electrons. The van der Waals surface area contributed by atoms with Gasteiger partial charge in [-0.25, -0.2) is 28.2 Å². The Hall–Kier alpha value is -2.75. The number of fused-ring (bicyclic) bond motifs is 1. The standard InChI is InChI=1S/C24H35N5O4S/c1-2-15-34(32,33)22-16-21(26-17-27-22)29-20(24(30)31)11-7-5-3-4-6-10-19-13-12-18-9-8-14-25-23(18)28-19/h12-13,16-17,20H,2-11,14-15H2,1H3,(H,25,28)(H,30,31)(H,26,27,29)/t20-/m0/s1. The number of hydrogen-bond donors (Lipinski definition) is 3. The number of rotatable bonds is 14. The molecule has 1 aliphatic rings. The van der Waals surface area contributed by atoms with E-state index in [4.69, 9.17) is 4.98 Å². The Kier molecular flexibility index (Phi) is 9.62. The maximum atomic E-state index is 12.2. The number of anilines is 2. The number of aromatic nitrogens is 3. The van der Waals surface area contributed by atoms with E-state index in [0.29, 0.717) is 12.8 Å². The van der Waals surface area contributed by atoms with Gasteiger partial charge in [0.05, 0.1) is 5.75 Å². The van der Waals surface area contributed by atoms with Crippen LogP contribution < -0.4 is 10.6 Å². The summed E-state index contributed by atoms with van der Waals surface area (Å²) in [5.74, 6) is 0.258. The summed E-state index contributed by atoms with van der Waals surface area (Å²) in [5.41, 5.74) is 2.42. The summed E-state index contributed by atoms with van der Waals surface area (Å²) in [6.45, 7) is 2.77. The van der Waals surface area contributed by atoms with Crippen molar-refractivity contribution in [1.82, 2.24) is 15.0 Å². The second kappa shape index (κ2) is 12.6. The monoisotopic (exact) mass is 489 g/mol. The molecule has 0 saturated carbocycles. The average molecular weight is 490 g/mol. The molecular formula is C24H35N5O4S. The molecule has 0 unspecified atom stereocenters. The molecule has 3 heterocycles. The minimum absolute atomic E-state index is 0.00869. The number of nitrogens with one attached hydrogen (secondary N) is 2. The van der Waals surface area contributed by atoms with Crippen LogP contribution in [0.1, 0.15) is 69.5 Å². The van der Waals surface area contributed by atoms with Crippen LogP contribution in [-0.2, 0) is 27.5 Å². The van der Waals surface area contributed by atoms with Gasteiger partial charge >= 0.3 is 5.97 Å². The maximum Gasteiger partial charge on any atom is 0.326 e. The van der Waals surface area contributed by atoms with E-state index in [1.165, 1.54) is 11.6 Å². The molecule has 2 aromatic heterocycles. The fourth-order valence-corrected chi connectivity index (χ4v) is 5.34. The first-order chi connectivity index (χ1) is 16.4. The number of carboxylic acids is 1. The summed E-state index contributed by atoms with van der Waals surface area (Å²) in [4.78, 5) is 24.2. The van der Waals surface area contributed by atoms with Crippen molar-refractivity contribution in [2.75, 3.05) is 22.9 Å². The van der Waals surface area contributed by atoms with E-state index in [1.54, 1.807) is 6.92 Å². The molecule has 1 atom stereocenters. The van der Waals surface area contributed by atoms with Crippen LogP contribution in [0.5, 0.6) is 0 Å². The number of aryl methyl sites for hydroxylation is 2. The molecule has 0 saturated heterocycles. The van der Waals surface area contributed by atoms with Gasteiger partial charge in [-0.1, -0.05) is 38.7 Å². The van der Waals surface area contributed by atoms with Gasteiger partial charge in [0.25, 0.3) is 0 Å². The lowest BCUT2D eigenvalue weighted by molar-refractivity contribution is -0.138. The predicted molar refractivity (Wildman–Crippen MR) is 132 cm³/mol. The van der Waals surface area contributed by atoms with Gasteiger partial charge in [-0.05, 0) is 50.2 Å². The molecule has 34 heavy (non-hydrogen) atoms. The van der Waals surface area contributed by atoms with E-state index in [-0.39, 0.29) is 16.6 Å². The van der Waals surface area contributed by atoms with Crippen LogP contribution in [0.25, 0.3) is 0 Å². The minimum atomic E-state index is -3.49. The van der Waals surface area contributed by atoms with Gasteiger partial charge in [-0.3, -0.25) is 0 Å². The van der Waals surface area contributed by atoms with Crippen molar-refractivity contribution in [2.24, 2.45) is 0 Å². The summed E-state index contributed by atoms with van der Waals surface area (Å²) in [5, 5.41) is 15.7. The van der Waals surface area contributed by atoms with Crippen LogP contribution in [0.15, 0.2) is 29.6 Å². The number of carboxylic acid groups (broad SMARTS) is 1. The van der Waals surface area contributed by atoms with Crippen LogP contribution >= 0.6 is 0 Å². The topological polar surface area (TPSA) is 134 Å². The third-order valence-electron chi connectivity index (χ3n) is 5.93. The van der Waals surface area contributed by atoms with Crippen LogP contribution in [-0.4, -0.2) is 52.8 Å². The van der Waals surface area contributed by atoms with Gasteiger partial charge in [-0.15, -0.1) is 0 Å². The number of aliphatic carboxylic acids is 1. The van der Waals surface area contributed by atoms with Crippen molar-refractivity contribution in [2.45, 2.75) is 82.2 Å². The first-order valence-corrected chi connectivity index (χ1v) is 13.8. The highest BCUT2D eigenvalue weighted by molar-refractivity contribution is 7.91. The molecule has 0 aliphatic carbocycles. The van der Waals surface area contributed by atoms with Crippen LogP contribution in [0.2, 0.25) is 0 Å². The van der Waals surface area contributed by atoms with Gasteiger partial charge in [0.1, 0.15) is 24.0 Å². The van der Waals surface area contributed by atoms with Gasteiger partial charge in [0.15, 0.2) is 14.9 Å². The third kappa shape index (κ3) is 7.65. The van der Waals surface area contributed by atoms with Crippen molar-refractivity contribution in [3.05, 3.63) is 35.8 Å². The van der Waals surface area contributed by atoms with E-state index >= 15 is 0 Å². The Morgan fingerprint density at radius 3 is 2.76 bits per heavy atom. The molecule has 0 bridgehead atoms. The van der Waals surface area contributed by atoms with Gasteiger partial charge in [0, 0.05) is 18.3 Å². The minimum Gasteiger partial charge on any atom is -0.480 e. The van der Waals surface area contributed by atoms with Crippen LogP contribution in [0, 0.1) is 0 Å². The van der Waals surface area contributed by atoms with Gasteiger partial charge in [0.2, 0.25) is 0 Å². The number of carbonyl (C=O) groups is 1. The Labute approximate surface area is 201 Å². The highest BCUT2D eigenvalue weighted by Crippen LogP contribution is 2.21. The maximum absolute atomic E-state index is 12.2. The third-order valence-corrected chi connectivity index (χ3v) is 7.74. The molecule has 2 aromatic rings. The molecular weight excluding hydrogens is 454 g/mol. The Morgan fingerprint density at radius 1 is 1.18 bits per heavy atom. The Bertz CT molecular complexity index is 1060. The highest BCUT2D eigenvalue weighted by Gasteiger charge is 2.20. The van der Waals surface area contributed by atoms with E-state index in [9.17, 15) is 18.3 Å². The molecule has 3 rings (SSSR count). The van der Waals surface area contributed by atoms with Crippen molar-refractivity contribution < 1.29 is 18.3 Å². The molecule has 0 radical (unpaired) electrons. The van der Waals surface area contributed by atoms with Crippen LogP contribution in [0.3, 0.4) is 0 Å². The van der Waals surface area contributed by atoms with Crippen molar-refractivity contribution in [3.8, 4) is 0 Å². The molecule has 1 aliphatic heterocycles. The Morgan fingerprint density at radius 2 is 1.97 bits per heavy atom. The molecule has 0 amide bonds. The summed E-state index contributed by atoms with van der Waals surface area (Å²) < 4.78 is 24.4. The smallest absolute Gasteiger partial charge is 0.326 e. The average Bonchev–Trinajstić information content (AvgIpc) is 2.82. The number of sulfone groups is 1. The number of pyridine rings is 1. The molecule has 0 spiro atoms. The molecule has 0 aromatic carbocycles. The largest absolute Gasteiger partial charge is 0.480 e. The fraction of sp³-hybridized carbons (Fsp3) is 0.583.